The molecule has 2 fully saturated rings. The Hall–Kier alpha value is -1.84. The van der Waals surface area contributed by atoms with Crippen LogP contribution in [0.25, 0.3) is 0 Å². The molecule has 0 radical (unpaired) electrons. The summed E-state index contributed by atoms with van der Waals surface area (Å²) < 4.78 is 0. The molecular formula is C19H25NO3. The molecule has 2 N–H and O–H groups in total. The molecule has 4 nitrogen and oxygen atoms in total. The van der Waals surface area contributed by atoms with Crippen molar-refractivity contribution in [3.63, 3.8) is 0 Å². The largest absolute Gasteiger partial charge is 0.481 e. The zero-order valence-electron chi connectivity index (χ0n) is 14.0. The number of hydrogen-bond donors (Lipinski definition) is 2. The number of carbonyl (C=O) groups excluding carboxylic acids is 1. The van der Waals surface area contributed by atoms with Crippen LogP contribution >= 0.6 is 0 Å². The standard InChI is InChI=1S/C19H25NO3/c1-10-4-5-13(8-11(10)2)12(3)20-18(21)16-14-6-7-15(9-14)17(16)19(22)23/h4-5,8,12,14-17H,6-7,9H2,1-3H3,(H,20,21)(H,22,23)/t12-,14+,15-,16-,17-/m0/s1. The van der Waals surface area contributed by atoms with Crippen LogP contribution in [0.3, 0.4) is 0 Å². The van der Waals surface area contributed by atoms with Crippen molar-refractivity contribution in [1.82, 2.24) is 5.32 Å². The molecule has 0 aliphatic heterocycles. The van der Waals surface area contributed by atoms with Crippen LogP contribution in [0, 0.1) is 37.5 Å². The maximum atomic E-state index is 12.7. The van der Waals surface area contributed by atoms with Crippen molar-refractivity contribution in [2.24, 2.45) is 23.7 Å². The summed E-state index contributed by atoms with van der Waals surface area (Å²) in [6, 6.07) is 6.08. The van der Waals surface area contributed by atoms with Gasteiger partial charge in [-0.15, -0.1) is 0 Å². The number of fused-ring (bicyclic) bond motifs is 2. The minimum Gasteiger partial charge on any atom is -0.481 e. The second-order valence-electron chi connectivity index (χ2n) is 7.30. The number of nitrogens with one attached hydrogen (secondary N) is 1. The molecule has 2 bridgehead atoms. The smallest absolute Gasteiger partial charge is 0.307 e. The van der Waals surface area contributed by atoms with E-state index in [1.807, 2.05) is 13.0 Å². The molecule has 124 valence electrons. The van der Waals surface area contributed by atoms with Crippen LogP contribution in [0.5, 0.6) is 0 Å². The van der Waals surface area contributed by atoms with E-state index in [0.29, 0.717) is 0 Å². The molecule has 0 aromatic heterocycles. The lowest BCUT2D eigenvalue weighted by Gasteiger charge is -2.28. The maximum absolute atomic E-state index is 12.7. The van der Waals surface area contributed by atoms with E-state index in [0.717, 1.165) is 24.8 Å². The number of carboxylic acid groups (broad SMARTS) is 1. The van der Waals surface area contributed by atoms with Crippen LogP contribution in [-0.4, -0.2) is 17.0 Å². The molecule has 1 amide bonds. The molecule has 0 heterocycles. The van der Waals surface area contributed by atoms with Crippen molar-refractivity contribution in [1.29, 1.82) is 0 Å². The highest BCUT2D eigenvalue weighted by molar-refractivity contribution is 5.86. The predicted molar refractivity (Wildman–Crippen MR) is 87.9 cm³/mol. The van der Waals surface area contributed by atoms with Crippen molar-refractivity contribution in [2.45, 2.75) is 46.1 Å². The second kappa shape index (κ2) is 5.99. The van der Waals surface area contributed by atoms with E-state index in [2.05, 4.69) is 31.3 Å². The summed E-state index contributed by atoms with van der Waals surface area (Å²) in [7, 11) is 0. The molecule has 23 heavy (non-hydrogen) atoms. The Balaban J connectivity index is 1.73. The third-order valence-electron chi connectivity index (χ3n) is 5.89. The van der Waals surface area contributed by atoms with Crippen molar-refractivity contribution in [2.75, 3.05) is 0 Å². The van der Waals surface area contributed by atoms with Crippen molar-refractivity contribution in [3.05, 3.63) is 34.9 Å². The van der Waals surface area contributed by atoms with Crippen LogP contribution in [0.4, 0.5) is 0 Å². The molecule has 2 saturated carbocycles. The molecule has 5 atom stereocenters. The summed E-state index contributed by atoms with van der Waals surface area (Å²) in [6.45, 7) is 6.09. The lowest BCUT2D eigenvalue weighted by atomic mass is 9.78. The van der Waals surface area contributed by atoms with Gasteiger partial charge in [0.05, 0.1) is 17.9 Å². The molecule has 1 aromatic rings. The fraction of sp³-hybridized carbons (Fsp3) is 0.579. The number of rotatable bonds is 4. The van der Waals surface area contributed by atoms with Crippen molar-refractivity contribution < 1.29 is 14.7 Å². The SMILES string of the molecule is Cc1ccc([C@H](C)NC(=O)[C@H]2[C@@H]3CC[C@@H](C3)[C@@H]2C(=O)O)cc1C. The minimum atomic E-state index is -0.809. The van der Waals surface area contributed by atoms with Gasteiger partial charge < -0.3 is 10.4 Å². The van der Waals surface area contributed by atoms with Gasteiger partial charge in [0.25, 0.3) is 0 Å². The van der Waals surface area contributed by atoms with Gasteiger partial charge >= 0.3 is 5.97 Å². The zero-order chi connectivity index (χ0) is 16.7. The number of aryl methyl sites for hydroxylation is 2. The van der Waals surface area contributed by atoms with Gasteiger partial charge in [0.1, 0.15) is 0 Å². The van der Waals surface area contributed by atoms with Gasteiger partial charge in [-0.3, -0.25) is 9.59 Å². The number of carboxylic acids is 1. The van der Waals surface area contributed by atoms with Gasteiger partial charge in [-0.2, -0.15) is 0 Å². The van der Waals surface area contributed by atoms with Gasteiger partial charge in [0.2, 0.25) is 5.91 Å². The summed E-state index contributed by atoms with van der Waals surface area (Å²) in [4.78, 5) is 24.3. The Morgan fingerprint density at radius 2 is 1.78 bits per heavy atom. The average molecular weight is 315 g/mol. The van der Waals surface area contributed by atoms with E-state index in [1.54, 1.807) is 0 Å². The van der Waals surface area contributed by atoms with E-state index >= 15 is 0 Å². The highest BCUT2D eigenvalue weighted by atomic mass is 16.4. The second-order valence-corrected chi connectivity index (χ2v) is 7.30. The third kappa shape index (κ3) is 2.87. The summed E-state index contributed by atoms with van der Waals surface area (Å²) in [6.07, 6.45) is 2.84. The number of aliphatic carboxylic acids is 1. The van der Waals surface area contributed by atoms with E-state index in [4.69, 9.17) is 0 Å². The van der Waals surface area contributed by atoms with Gasteiger partial charge in [0, 0.05) is 0 Å². The molecule has 2 aliphatic carbocycles. The van der Waals surface area contributed by atoms with E-state index in [1.165, 1.54) is 11.1 Å². The van der Waals surface area contributed by atoms with Crippen LogP contribution in [0.15, 0.2) is 18.2 Å². The first kappa shape index (κ1) is 16.0. The molecule has 2 aliphatic rings. The van der Waals surface area contributed by atoms with E-state index < -0.39 is 11.9 Å². The van der Waals surface area contributed by atoms with Crippen LogP contribution < -0.4 is 5.32 Å². The van der Waals surface area contributed by atoms with Crippen LogP contribution in [0.2, 0.25) is 0 Å². The lowest BCUT2D eigenvalue weighted by Crippen LogP contribution is -2.42. The summed E-state index contributed by atoms with van der Waals surface area (Å²) in [5, 5.41) is 12.5. The first-order chi connectivity index (χ1) is 10.9. The molecule has 0 unspecified atom stereocenters. The Morgan fingerprint density at radius 3 is 2.39 bits per heavy atom. The monoisotopic (exact) mass is 315 g/mol. The fourth-order valence-electron chi connectivity index (χ4n) is 4.45. The molecule has 0 spiro atoms. The number of amides is 1. The van der Waals surface area contributed by atoms with Gasteiger partial charge in [-0.05, 0) is 68.6 Å². The first-order valence-corrected chi connectivity index (χ1v) is 8.48. The normalized spacial score (nSPS) is 30.2. The van der Waals surface area contributed by atoms with Gasteiger partial charge in [-0.25, -0.2) is 0 Å². The van der Waals surface area contributed by atoms with E-state index in [-0.39, 0.29) is 29.7 Å². The third-order valence-corrected chi connectivity index (χ3v) is 5.89. The lowest BCUT2D eigenvalue weighted by molar-refractivity contribution is -0.149. The summed E-state index contributed by atoms with van der Waals surface area (Å²) in [5.41, 5.74) is 3.50. The Bertz CT molecular complexity index is 640. The molecule has 1 aromatic carbocycles. The Labute approximate surface area is 137 Å². The molecule has 3 rings (SSSR count). The first-order valence-electron chi connectivity index (χ1n) is 8.48. The minimum absolute atomic E-state index is 0.0877. The van der Waals surface area contributed by atoms with Gasteiger partial charge in [0.15, 0.2) is 0 Å². The zero-order valence-corrected chi connectivity index (χ0v) is 14.0. The summed E-state index contributed by atoms with van der Waals surface area (Å²) in [5.74, 6) is -1.33. The Kier molecular flexibility index (Phi) is 4.17. The number of carbonyl (C=O) groups is 2. The van der Waals surface area contributed by atoms with Crippen molar-refractivity contribution >= 4 is 11.9 Å². The molecular weight excluding hydrogens is 290 g/mol. The summed E-state index contributed by atoms with van der Waals surface area (Å²) >= 11 is 0. The molecule has 0 saturated heterocycles. The van der Waals surface area contributed by atoms with Crippen molar-refractivity contribution in [3.8, 4) is 0 Å². The molecule has 4 heteroatoms. The predicted octanol–water partition coefficient (Wildman–Crippen LogP) is 3.23. The number of hydrogen-bond acceptors (Lipinski definition) is 2. The van der Waals surface area contributed by atoms with Crippen LogP contribution in [0.1, 0.15) is 48.9 Å². The van der Waals surface area contributed by atoms with E-state index in [9.17, 15) is 14.7 Å². The maximum Gasteiger partial charge on any atom is 0.307 e. The quantitative estimate of drug-likeness (QED) is 0.896. The Morgan fingerprint density at radius 1 is 1.13 bits per heavy atom. The number of benzene rings is 1. The van der Waals surface area contributed by atoms with Crippen LogP contribution in [-0.2, 0) is 9.59 Å². The van der Waals surface area contributed by atoms with Gasteiger partial charge in [-0.1, -0.05) is 18.2 Å². The highest BCUT2D eigenvalue weighted by Gasteiger charge is 2.54. The fourth-order valence-corrected chi connectivity index (χ4v) is 4.45. The topological polar surface area (TPSA) is 66.4 Å². The average Bonchev–Trinajstić information content (AvgIpc) is 3.10. The highest BCUT2D eigenvalue weighted by Crippen LogP contribution is 2.52.